The lowest BCUT2D eigenvalue weighted by Gasteiger charge is -2.35. The molecule has 1 atom stereocenters. The first kappa shape index (κ1) is 20.8. The highest BCUT2D eigenvalue weighted by molar-refractivity contribution is 7.89. The van der Waals surface area contributed by atoms with Crippen LogP contribution in [0.3, 0.4) is 0 Å². The molecule has 0 N–H and O–H groups in total. The normalized spacial score (nSPS) is 16.1. The van der Waals surface area contributed by atoms with Gasteiger partial charge in [-0.25, -0.2) is 12.8 Å². The molecule has 3 rings (SSSR count). The maximum atomic E-state index is 13.0. The van der Waals surface area contributed by atoms with Crippen molar-refractivity contribution in [1.29, 1.82) is 5.26 Å². The molecule has 0 saturated carbocycles. The second kappa shape index (κ2) is 8.59. The van der Waals surface area contributed by atoms with E-state index in [9.17, 15) is 22.9 Å². The van der Waals surface area contributed by atoms with Crippen LogP contribution in [0.5, 0.6) is 5.75 Å². The third-order valence-electron chi connectivity index (χ3n) is 4.65. The molecule has 0 unspecified atom stereocenters. The Bertz CT molecular complexity index is 1030. The number of hydrogen-bond acceptors (Lipinski definition) is 5. The predicted octanol–water partition coefficient (Wildman–Crippen LogP) is 2.00. The zero-order valence-electron chi connectivity index (χ0n) is 15.8. The number of ether oxygens (including phenoxy) is 1. The summed E-state index contributed by atoms with van der Waals surface area (Å²) in [6.45, 7) is 2.26. The van der Waals surface area contributed by atoms with E-state index in [2.05, 4.69) is 0 Å². The molecule has 2 aromatic rings. The topological polar surface area (TPSA) is 90.7 Å². The van der Waals surface area contributed by atoms with Crippen LogP contribution in [0.1, 0.15) is 12.5 Å². The summed E-state index contributed by atoms with van der Waals surface area (Å²) >= 11 is 0. The molecule has 2 aromatic carbocycles. The first-order valence-electron chi connectivity index (χ1n) is 9.03. The van der Waals surface area contributed by atoms with E-state index < -0.39 is 21.9 Å². The van der Waals surface area contributed by atoms with Crippen molar-refractivity contribution in [2.75, 3.05) is 26.2 Å². The van der Waals surface area contributed by atoms with E-state index in [0.29, 0.717) is 5.75 Å². The number of benzene rings is 2. The van der Waals surface area contributed by atoms with Gasteiger partial charge in [0.2, 0.25) is 10.0 Å². The summed E-state index contributed by atoms with van der Waals surface area (Å²) in [7, 11) is -3.82. The van der Waals surface area contributed by atoms with Crippen LogP contribution in [0.15, 0.2) is 53.4 Å². The van der Waals surface area contributed by atoms with E-state index >= 15 is 0 Å². The van der Waals surface area contributed by atoms with Crippen molar-refractivity contribution >= 4 is 15.9 Å². The number of sulfonamides is 1. The number of halogens is 1. The van der Waals surface area contributed by atoms with Crippen LogP contribution in [-0.4, -0.2) is 55.8 Å². The van der Waals surface area contributed by atoms with Crippen molar-refractivity contribution in [1.82, 2.24) is 9.21 Å². The van der Waals surface area contributed by atoms with Gasteiger partial charge in [0.25, 0.3) is 5.91 Å². The number of amides is 1. The fraction of sp³-hybridized carbons (Fsp3) is 0.300. The Morgan fingerprint density at radius 1 is 1.10 bits per heavy atom. The Morgan fingerprint density at radius 2 is 1.72 bits per heavy atom. The summed E-state index contributed by atoms with van der Waals surface area (Å²) in [6.07, 6.45) is -0.789. The molecule has 1 fully saturated rings. The Morgan fingerprint density at radius 3 is 2.34 bits per heavy atom. The average molecular weight is 417 g/mol. The van der Waals surface area contributed by atoms with E-state index in [1.165, 1.54) is 45.6 Å². The first-order valence-corrected chi connectivity index (χ1v) is 10.5. The van der Waals surface area contributed by atoms with Gasteiger partial charge in [-0.1, -0.05) is 12.1 Å². The minimum Gasteiger partial charge on any atom is -0.481 e. The number of nitriles is 1. The minimum absolute atomic E-state index is 0.0321. The quantitative estimate of drug-likeness (QED) is 0.742. The van der Waals surface area contributed by atoms with Crippen LogP contribution in [0.4, 0.5) is 4.39 Å². The summed E-state index contributed by atoms with van der Waals surface area (Å²) in [5.74, 6) is -0.294. The molecule has 1 amide bonds. The summed E-state index contributed by atoms with van der Waals surface area (Å²) in [6, 6.07) is 13.3. The molecular weight excluding hydrogens is 397 g/mol. The van der Waals surface area contributed by atoms with Crippen LogP contribution < -0.4 is 4.74 Å². The lowest BCUT2D eigenvalue weighted by atomic mass is 10.2. The summed E-state index contributed by atoms with van der Waals surface area (Å²) in [4.78, 5) is 14.1. The molecule has 1 aliphatic heterocycles. The van der Waals surface area contributed by atoms with Crippen molar-refractivity contribution in [2.24, 2.45) is 0 Å². The monoisotopic (exact) mass is 417 g/mol. The molecule has 1 aliphatic rings. The largest absolute Gasteiger partial charge is 0.481 e. The lowest BCUT2D eigenvalue weighted by Crippen LogP contribution is -2.53. The van der Waals surface area contributed by atoms with Crippen LogP contribution in [-0.2, 0) is 14.8 Å². The van der Waals surface area contributed by atoms with E-state index in [-0.39, 0.29) is 42.5 Å². The van der Waals surface area contributed by atoms with E-state index in [4.69, 9.17) is 4.74 Å². The van der Waals surface area contributed by atoms with E-state index in [1.54, 1.807) is 19.1 Å². The van der Waals surface area contributed by atoms with Crippen LogP contribution >= 0.6 is 0 Å². The molecule has 9 heteroatoms. The van der Waals surface area contributed by atoms with Gasteiger partial charge >= 0.3 is 0 Å². The molecule has 1 heterocycles. The summed E-state index contributed by atoms with van der Waals surface area (Å²) in [5, 5.41) is 9.17. The van der Waals surface area contributed by atoms with E-state index in [1.807, 2.05) is 6.07 Å². The molecule has 0 aromatic heterocycles. The second-order valence-corrected chi connectivity index (χ2v) is 8.46. The number of carbonyl (C=O) groups excluding carboxylic acids is 1. The van der Waals surface area contributed by atoms with Crippen LogP contribution in [0, 0.1) is 17.1 Å². The van der Waals surface area contributed by atoms with Crippen molar-refractivity contribution < 1.29 is 22.3 Å². The number of carbonyl (C=O) groups is 1. The van der Waals surface area contributed by atoms with Gasteiger partial charge in [0.05, 0.1) is 10.5 Å². The van der Waals surface area contributed by atoms with Gasteiger partial charge in [-0.3, -0.25) is 4.79 Å². The smallest absolute Gasteiger partial charge is 0.263 e. The third-order valence-corrected chi connectivity index (χ3v) is 6.61. The molecule has 0 radical (unpaired) electrons. The van der Waals surface area contributed by atoms with Gasteiger partial charge in [-0.15, -0.1) is 0 Å². The van der Waals surface area contributed by atoms with E-state index in [0.717, 1.165) is 0 Å². The highest BCUT2D eigenvalue weighted by Crippen LogP contribution is 2.21. The maximum Gasteiger partial charge on any atom is 0.263 e. The number of rotatable bonds is 5. The minimum atomic E-state index is -3.82. The van der Waals surface area contributed by atoms with Gasteiger partial charge in [-0.05, 0) is 43.3 Å². The molecule has 29 heavy (non-hydrogen) atoms. The highest BCUT2D eigenvalue weighted by Gasteiger charge is 2.33. The van der Waals surface area contributed by atoms with Gasteiger partial charge in [-0.2, -0.15) is 9.57 Å². The summed E-state index contributed by atoms with van der Waals surface area (Å²) in [5.41, 5.74) is 0.0901. The third kappa shape index (κ3) is 4.55. The second-order valence-electron chi connectivity index (χ2n) is 6.55. The fourth-order valence-electron chi connectivity index (χ4n) is 3.10. The zero-order valence-corrected chi connectivity index (χ0v) is 16.6. The van der Waals surface area contributed by atoms with Gasteiger partial charge in [0, 0.05) is 26.2 Å². The molecule has 0 spiro atoms. The standard InChI is InChI=1S/C20H20FN3O4S/c1-15(28-18-8-6-17(21)7-9-18)20(25)23-10-12-24(13-11-23)29(26,27)19-5-3-2-4-16(19)14-22/h2-9,15H,10-13H2,1H3/t15-/m0/s1. The number of piperazine rings is 1. The average Bonchev–Trinajstić information content (AvgIpc) is 2.74. The van der Waals surface area contributed by atoms with Crippen molar-refractivity contribution in [3.63, 3.8) is 0 Å². The predicted molar refractivity (Wildman–Crippen MR) is 103 cm³/mol. The lowest BCUT2D eigenvalue weighted by molar-refractivity contribution is -0.139. The SMILES string of the molecule is C[C@H](Oc1ccc(F)cc1)C(=O)N1CCN(S(=O)(=O)c2ccccc2C#N)CC1. The molecule has 152 valence electrons. The van der Waals surface area contributed by atoms with Crippen molar-refractivity contribution in [3.05, 3.63) is 59.9 Å². The molecular formula is C20H20FN3O4S. The molecule has 7 nitrogen and oxygen atoms in total. The Balaban J connectivity index is 1.63. The molecule has 1 saturated heterocycles. The maximum absolute atomic E-state index is 13.0. The van der Waals surface area contributed by atoms with Gasteiger partial charge in [0.15, 0.2) is 6.10 Å². The Labute approximate surface area is 169 Å². The van der Waals surface area contributed by atoms with Gasteiger partial charge in [0.1, 0.15) is 17.6 Å². The van der Waals surface area contributed by atoms with Crippen molar-refractivity contribution in [2.45, 2.75) is 17.9 Å². The highest BCUT2D eigenvalue weighted by atomic mass is 32.2. The first-order chi connectivity index (χ1) is 13.8. The van der Waals surface area contributed by atoms with Crippen LogP contribution in [0.25, 0.3) is 0 Å². The zero-order chi connectivity index (χ0) is 21.0. The number of hydrogen-bond donors (Lipinski definition) is 0. The number of nitrogens with zero attached hydrogens (tertiary/aromatic N) is 3. The molecule has 0 aliphatic carbocycles. The molecule has 0 bridgehead atoms. The Hall–Kier alpha value is -2.96. The van der Waals surface area contributed by atoms with Crippen molar-refractivity contribution in [3.8, 4) is 11.8 Å². The Kier molecular flexibility index (Phi) is 6.15. The van der Waals surface area contributed by atoms with Gasteiger partial charge < -0.3 is 9.64 Å². The fourth-order valence-corrected chi connectivity index (χ4v) is 4.66. The summed E-state index contributed by atoms with van der Waals surface area (Å²) < 4.78 is 45.5. The van der Waals surface area contributed by atoms with Crippen LogP contribution in [0.2, 0.25) is 0 Å².